The van der Waals surface area contributed by atoms with Crippen LogP contribution in [0.25, 0.3) is 0 Å². The average Bonchev–Trinajstić information content (AvgIpc) is 2.81. The number of esters is 1. The quantitative estimate of drug-likeness (QED) is 0.264. The standard InChI is InChI=1S/C27H25F3O2/c28-27(29,30)24-18-16-23(17-19-24)26(31)32-25(20-15-22-11-5-2-6-12-22)14-8-7-13-21-9-3-1-4-10-21/h1-6,8-12,14,16-19,25H,7,13,15,20H2/b14-8+. The third kappa shape index (κ3) is 7.41. The molecule has 0 saturated carbocycles. The van der Waals surface area contributed by atoms with Crippen LogP contribution in [-0.4, -0.2) is 12.1 Å². The van der Waals surface area contributed by atoms with E-state index in [1.54, 1.807) is 0 Å². The van der Waals surface area contributed by atoms with Crippen LogP contribution in [0.5, 0.6) is 0 Å². The van der Waals surface area contributed by atoms with E-state index < -0.39 is 23.8 Å². The van der Waals surface area contributed by atoms with Crippen molar-refractivity contribution in [2.24, 2.45) is 0 Å². The van der Waals surface area contributed by atoms with Crippen LogP contribution in [0.4, 0.5) is 13.2 Å². The zero-order chi connectivity index (χ0) is 22.8. The van der Waals surface area contributed by atoms with E-state index >= 15 is 0 Å². The first-order chi connectivity index (χ1) is 15.4. The highest BCUT2D eigenvalue weighted by molar-refractivity contribution is 5.89. The highest BCUT2D eigenvalue weighted by Gasteiger charge is 2.30. The molecule has 166 valence electrons. The molecule has 0 bridgehead atoms. The molecule has 1 unspecified atom stereocenters. The fourth-order valence-electron chi connectivity index (χ4n) is 3.29. The second-order valence-corrected chi connectivity index (χ2v) is 7.50. The number of rotatable bonds is 9. The summed E-state index contributed by atoms with van der Waals surface area (Å²) in [6.07, 6.45) is 1.91. The smallest absolute Gasteiger partial charge is 0.416 e. The van der Waals surface area contributed by atoms with Crippen molar-refractivity contribution in [1.82, 2.24) is 0 Å². The van der Waals surface area contributed by atoms with Gasteiger partial charge in [0.25, 0.3) is 0 Å². The highest BCUT2D eigenvalue weighted by atomic mass is 19.4. The van der Waals surface area contributed by atoms with Crippen molar-refractivity contribution in [1.29, 1.82) is 0 Å². The Hall–Kier alpha value is -3.34. The summed E-state index contributed by atoms with van der Waals surface area (Å²) in [6, 6.07) is 24.0. The zero-order valence-electron chi connectivity index (χ0n) is 17.6. The van der Waals surface area contributed by atoms with Crippen LogP contribution in [0, 0.1) is 0 Å². The number of hydrogen-bond donors (Lipinski definition) is 0. The molecule has 3 aromatic carbocycles. The van der Waals surface area contributed by atoms with Gasteiger partial charge in [0, 0.05) is 0 Å². The van der Waals surface area contributed by atoms with E-state index in [0.717, 1.165) is 49.1 Å². The van der Waals surface area contributed by atoms with Gasteiger partial charge < -0.3 is 4.74 Å². The Kier molecular flexibility index (Phi) is 8.26. The van der Waals surface area contributed by atoms with E-state index in [1.165, 1.54) is 5.56 Å². The van der Waals surface area contributed by atoms with Gasteiger partial charge in [-0.1, -0.05) is 66.7 Å². The van der Waals surface area contributed by atoms with Gasteiger partial charge in [0.1, 0.15) is 6.10 Å². The summed E-state index contributed by atoms with van der Waals surface area (Å²) in [4.78, 5) is 12.5. The normalized spacial score (nSPS) is 12.6. The molecule has 0 heterocycles. The van der Waals surface area contributed by atoms with Crippen molar-refractivity contribution in [3.05, 3.63) is 119 Å². The maximum atomic E-state index is 12.8. The van der Waals surface area contributed by atoms with Gasteiger partial charge in [-0.25, -0.2) is 4.79 Å². The van der Waals surface area contributed by atoms with Gasteiger partial charge in [-0.3, -0.25) is 0 Å². The third-order valence-electron chi connectivity index (χ3n) is 5.06. The molecule has 0 spiro atoms. The van der Waals surface area contributed by atoms with Crippen molar-refractivity contribution in [3.63, 3.8) is 0 Å². The van der Waals surface area contributed by atoms with Crippen LogP contribution in [0.15, 0.2) is 97.1 Å². The molecular weight excluding hydrogens is 413 g/mol. The van der Waals surface area contributed by atoms with E-state index in [2.05, 4.69) is 12.1 Å². The van der Waals surface area contributed by atoms with Gasteiger partial charge in [-0.05, 0) is 67.2 Å². The van der Waals surface area contributed by atoms with Crippen molar-refractivity contribution in [3.8, 4) is 0 Å². The van der Waals surface area contributed by atoms with Gasteiger partial charge in [-0.15, -0.1) is 0 Å². The maximum Gasteiger partial charge on any atom is 0.416 e. The Bertz CT molecular complexity index is 995. The van der Waals surface area contributed by atoms with Crippen molar-refractivity contribution < 1.29 is 22.7 Å². The Balaban J connectivity index is 1.63. The molecule has 0 saturated heterocycles. The monoisotopic (exact) mass is 438 g/mol. The summed E-state index contributed by atoms with van der Waals surface area (Å²) >= 11 is 0. The molecule has 0 aromatic heterocycles. The SMILES string of the molecule is O=C(OC(/C=C/CCc1ccccc1)CCc1ccccc1)c1ccc(C(F)(F)F)cc1. The number of alkyl halides is 3. The van der Waals surface area contributed by atoms with Gasteiger partial charge in [0.05, 0.1) is 11.1 Å². The zero-order valence-corrected chi connectivity index (χ0v) is 17.6. The highest BCUT2D eigenvalue weighted by Crippen LogP contribution is 2.29. The second-order valence-electron chi connectivity index (χ2n) is 7.50. The number of allylic oxidation sites excluding steroid dienone is 1. The first-order valence-electron chi connectivity index (χ1n) is 10.5. The summed E-state index contributed by atoms with van der Waals surface area (Å²) in [7, 11) is 0. The van der Waals surface area contributed by atoms with Crippen LogP contribution in [0.3, 0.4) is 0 Å². The van der Waals surface area contributed by atoms with E-state index in [1.807, 2.05) is 60.7 Å². The first kappa shape index (κ1) is 23.3. The minimum absolute atomic E-state index is 0.0976. The summed E-state index contributed by atoms with van der Waals surface area (Å²) in [5, 5.41) is 0. The number of benzene rings is 3. The molecule has 0 fully saturated rings. The molecule has 32 heavy (non-hydrogen) atoms. The molecule has 1 atom stereocenters. The third-order valence-corrected chi connectivity index (χ3v) is 5.06. The Morgan fingerprint density at radius 1 is 0.812 bits per heavy atom. The molecule has 0 aliphatic carbocycles. The van der Waals surface area contributed by atoms with Crippen LogP contribution in [0.2, 0.25) is 0 Å². The van der Waals surface area contributed by atoms with Gasteiger partial charge >= 0.3 is 12.1 Å². The summed E-state index contributed by atoms with van der Waals surface area (Å²) in [5.41, 5.74) is 1.65. The lowest BCUT2D eigenvalue weighted by molar-refractivity contribution is -0.137. The van der Waals surface area contributed by atoms with E-state index in [-0.39, 0.29) is 5.56 Å². The van der Waals surface area contributed by atoms with E-state index in [4.69, 9.17) is 4.74 Å². The molecule has 0 aliphatic rings. The average molecular weight is 438 g/mol. The fraction of sp³-hybridized carbons (Fsp3) is 0.222. The number of hydrogen-bond acceptors (Lipinski definition) is 2. The largest absolute Gasteiger partial charge is 0.455 e. The fourth-order valence-corrected chi connectivity index (χ4v) is 3.29. The number of halogens is 3. The molecule has 3 aromatic rings. The molecular formula is C27H25F3O2. The number of carbonyl (C=O) groups is 1. The summed E-state index contributed by atoms with van der Waals surface area (Å²) in [5.74, 6) is -0.635. The van der Waals surface area contributed by atoms with Crippen LogP contribution in [-0.2, 0) is 23.8 Å². The molecule has 0 N–H and O–H groups in total. The lowest BCUT2D eigenvalue weighted by Gasteiger charge is -2.15. The maximum absolute atomic E-state index is 12.8. The molecule has 2 nitrogen and oxygen atoms in total. The van der Waals surface area contributed by atoms with Crippen molar-refractivity contribution in [2.75, 3.05) is 0 Å². The second kappa shape index (κ2) is 11.3. The molecule has 0 aliphatic heterocycles. The molecule has 3 rings (SSSR count). The number of aryl methyl sites for hydroxylation is 2. The van der Waals surface area contributed by atoms with Crippen LogP contribution < -0.4 is 0 Å². The minimum atomic E-state index is -4.44. The molecule has 5 heteroatoms. The minimum Gasteiger partial charge on any atom is -0.455 e. The summed E-state index contributed by atoms with van der Waals surface area (Å²) < 4.78 is 43.9. The first-order valence-corrected chi connectivity index (χ1v) is 10.5. The van der Waals surface area contributed by atoms with Crippen LogP contribution >= 0.6 is 0 Å². The van der Waals surface area contributed by atoms with Gasteiger partial charge in [0.15, 0.2) is 0 Å². The number of carbonyl (C=O) groups excluding carboxylic acids is 1. The van der Waals surface area contributed by atoms with Crippen molar-refractivity contribution >= 4 is 5.97 Å². The molecule has 0 amide bonds. The molecule has 0 radical (unpaired) electrons. The Labute approximate surface area is 186 Å². The lowest BCUT2D eigenvalue weighted by Crippen LogP contribution is -2.17. The van der Waals surface area contributed by atoms with E-state index in [0.29, 0.717) is 6.42 Å². The van der Waals surface area contributed by atoms with Crippen molar-refractivity contribution in [2.45, 2.75) is 38.0 Å². The van der Waals surface area contributed by atoms with Gasteiger partial charge in [0.2, 0.25) is 0 Å². The predicted molar refractivity (Wildman–Crippen MR) is 119 cm³/mol. The Morgan fingerprint density at radius 2 is 1.38 bits per heavy atom. The lowest BCUT2D eigenvalue weighted by atomic mass is 10.1. The predicted octanol–water partition coefficient (Wildman–Crippen LogP) is 7.05. The van der Waals surface area contributed by atoms with Crippen LogP contribution in [0.1, 0.15) is 39.9 Å². The topological polar surface area (TPSA) is 26.3 Å². The number of ether oxygens (including phenoxy) is 1. The van der Waals surface area contributed by atoms with E-state index in [9.17, 15) is 18.0 Å². The Morgan fingerprint density at radius 3 is 1.94 bits per heavy atom. The summed E-state index contributed by atoms with van der Waals surface area (Å²) in [6.45, 7) is 0. The van der Waals surface area contributed by atoms with Gasteiger partial charge in [-0.2, -0.15) is 13.2 Å².